The van der Waals surface area contributed by atoms with E-state index in [9.17, 15) is 14.7 Å². The maximum atomic E-state index is 12.0. The van der Waals surface area contributed by atoms with Gasteiger partial charge in [0.15, 0.2) is 6.61 Å². The van der Waals surface area contributed by atoms with Gasteiger partial charge in [-0.2, -0.15) is 0 Å². The normalized spacial score (nSPS) is 23.0. The van der Waals surface area contributed by atoms with Gasteiger partial charge in [-0.05, 0) is 93.4 Å². The van der Waals surface area contributed by atoms with Gasteiger partial charge in [0.25, 0.3) is 0 Å². The minimum absolute atomic E-state index is 0.0866. The second-order valence-corrected chi connectivity index (χ2v) is 8.81. The summed E-state index contributed by atoms with van der Waals surface area (Å²) >= 11 is 0. The van der Waals surface area contributed by atoms with E-state index in [1.54, 1.807) is 7.05 Å². The molecule has 1 fully saturated rings. The summed E-state index contributed by atoms with van der Waals surface area (Å²) in [7, 11) is 1.79. The molecule has 0 spiro atoms. The standard InChI is InChI=1S/C24H35NO6/c1-25-22(26)11-10-16-8-9-18-14-20-17(13-19(16)18)5-4-6-21(20)31-15-24(29)30-12-3-2-7-23(27)28/h4-6,16,18-19,22,25-26H,2-3,7-15H2,1H3,(H,27,28). The van der Waals surface area contributed by atoms with Crippen molar-refractivity contribution < 1.29 is 29.3 Å². The minimum Gasteiger partial charge on any atom is -0.482 e. The molecule has 1 aromatic carbocycles. The molecule has 2 aliphatic carbocycles. The SMILES string of the molecule is CNC(O)CCC1CCC2Cc3c(cccc3OCC(=O)OCCCCC(=O)O)CC12. The second-order valence-electron chi connectivity index (χ2n) is 8.81. The number of hydrogen-bond donors (Lipinski definition) is 3. The topological polar surface area (TPSA) is 105 Å². The lowest BCUT2D eigenvalue weighted by Crippen LogP contribution is -2.28. The van der Waals surface area contributed by atoms with Crippen LogP contribution in [0.3, 0.4) is 0 Å². The van der Waals surface area contributed by atoms with Crippen LogP contribution in [-0.4, -0.2) is 48.6 Å². The van der Waals surface area contributed by atoms with Gasteiger partial charge in [-0.15, -0.1) is 0 Å². The van der Waals surface area contributed by atoms with Crippen LogP contribution in [0.25, 0.3) is 0 Å². The van der Waals surface area contributed by atoms with Crippen LogP contribution < -0.4 is 10.1 Å². The van der Waals surface area contributed by atoms with E-state index in [-0.39, 0.29) is 19.6 Å². The average Bonchev–Trinajstić information content (AvgIpc) is 3.15. The van der Waals surface area contributed by atoms with Crippen LogP contribution in [0.15, 0.2) is 18.2 Å². The Morgan fingerprint density at radius 1 is 1.23 bits per heavy atom. The molecule has 31 heavy (non-hydrogen) atoms. The summed E-state index contributed by atoms with van der Waals surface area (Å²) in [5, 5.41) is 21.4. The van der Waals surface area contributed by atoms with Crippen LogP contribution in [0.1, 0.15) is 56.1 Å². The summed E-state index contributed by atoms with van der Waals surface area (Å²) in [6.07, 6.45) is 6.96. The van der Waals surface area contributed by atoms with Gasteiger partial charge in [0.2, 0.25) is 0 Å². The first-order valence-corrected chi connectivity index (χ1v) is 11.4. The molecule has 1 aromatic rings. The average molecular weight is 434 g/mol. The van der Waals surface area contributed by atoms with Gasteiger partial charge in [-0.1, -0.05) is 12.1 Å². The molecule has 4 unspecified atom stereocenters. The van der Waals surface area contributed by atoms with Crippen LogP contribution >= 0.6 is 0 Å². The molecule has 0 bridgehead atoms. The molecule has 0 saturated heterocycles. The molecule has 0 aromatic heterocycles. The molecule has 7 nitrogen and oxygen atoms in total. The molecule has 1 saturated carbocycles. The van der Waals surface area contributed by atoms with E-state index in [4.69, 9.17) is 14.6 Å². The van der Waals surface area contributed by atoms with Gasteiger partial charge in [-0.25, -0.2) is 4.79 Å². The van der Waals surface area contributed by atoms with Gasteiger partial charge in [-0.3, -0.25) is 10.1 Å². The summed E-state index contributed by atoms with van der Waals surface area (Å²) in [6.45, 7) is 0.0871. The fourth-order valence-electron chi connectivity index (χ4n) is 5.13. The number of esters is 1. The largest absolute Gasteiger partial charge is 0.482 e. The third kappa shape index (κ3) is 6.68. The fraction of sp³-hybridized carbons (Fsp3) is 0.667. The quantitative estimate of drug-likeness (QED) is 0.264. The molecule has 3 N–H and O–H groups in total. The predicted octanol–water partition coefficient (Wildman–Crippen LogP) is 2.92. The number of carbonyl (C=O) groups excluding carboxylic acids is 1. The van der Waals surface area contributed by atoms with E-state index < -0.39 is 18.2 Å². The lowest BCUT2D eigenvalue weighted by Gasteiger charge is -2.32. The van der Waals surface area contributed by atoms with Crippen molar-refractivity contribution >= 4 is 11.9 Å². The molecule has 0 amide bonds. The zero-order chi connectivity index (χ0) is 22.2. The number of aliphatic hydroxyl groups is 1. The van der Waals surface area contributed by atoms with E-state index in [0.29, 0.717) is 30.6 Å². The smallest absolute Gasteiger partial charge is 0.344 e. The van der Waals surface area contributed by atoms with Crippen LogP contribution in [0.5, 0.6) is 5.75 Å². The van der Waals surface area contributed by atoms with Crippen molar-refractivity contribution in [3.05, 3.63) is 29.3 Å². The van der Waals surface area contributed by atoms with Crippen molar-refractivity contribution in [3.63, 3.8) is 0 Å². The number of benzene rings is 1. The summed E-state index contributed by atoms with van der Waals surface area (Å²) in [5.74, 6) is 1.45. The number of carbonyl (C=O) groups is 2. The summed E-state index contributed by atoms with van der Waals surface area (Å²) in [5.41, 5.74) is 2.52. The minimum atomic E-state index is -0.838. The monoisotopic (exact) mass is 433 g/mol. The lowest BCUT2D eigenvalue weighted by molar-refractivity contribution is -0.146. The highest BCUT2D eigenvalue weighted by Crippen LogP contribution is 2.48. The Bertz CT molecular complexity index is 752. The third-order valence-corrected chi connectivity index (χ3v) is 6.81. The highest BCUT2D eigenvalue weighted by molar-refractivity contribution is 5.71. The number of carboxylic acid groups (broad SMARTS) is 1. The number of aliphatic carboxylic acids is 1. The van der Waals surface area contributed by atoms with Crippen LogP contribution in [0.2, 0.25) is 0 Å². The van der Waals surface area contributed by atoms with Crippen molar-refractivity contribution in [2.75, 3.05) is 20.3 Å². The van der Waals surface area contributed by atoms with Crippen LogP contribution in [0.4, 0.5) is 0 Å². The first-order chi connectivity index (χ1) is 15.0. The third-order valence-electron chi connectivity index (χ3n) is 6.81. The van der Waals surface area contributed by atoms with E-state index in [1.165, 1.54) is 24.0 Å². The van der Waals surface area contributed by atoms with E-state index >= 15 is 0 Å². The van der Waals surface area contributed by atoms with Crippen LogP contribution in [0, 0.1) is 17.8 Å². The van der Waals surface area contributed by atoms with Gasteiger partial charge >= 0.3 is 11.9 Å². The Hall–Kier alpha value is -2.12. The number of carboxylic acids is 1. The van der Waals surface area contributed by atoms with Gasteiger partial charge in [0.05, 0.1) is 6.61 Å². The van der Waals surface area contributed by atoms with E-state index in [2.05, 4.69) is 11.4 Å². The lowest BCUT2D eigenvalue weighted by atomic mass is 9.74. The highest BCUT2D eigenvalue weighted by atomic mass is 16.6. The molecule has 172 valence electrons. The first-order valence-electron chi connectivity index (χ1n) is 11.4. The summed E-state index contributed by atoms with van der Waals surface area (Å²) in [4.78, 5) is 22.5. The molecular formula is C24H35NO6. The first kappa shape index (κ1) is 23.5. The van der Waals surface area contributed by atoms with E-state index in [1.807, 2.05) is 12.1 Å². The van der Waals surface area contributed by atoms with Crippen molar-refractivity contribution in [2.45, 2.75) is 64.0 Å². The number of aliphatic hydroxyl groups excluding tert-OH is 1. The number of hydrogen-bond acceptors (Lipinski definition) is 6. The Morgan fingerprint density at radius 3 is 2.84 bits per heavy atom. The maximum Gasteiger partial charge on any atom is 0.344 e. The summed E-state index contributed by atoms with van der Waals surface area (Å²) in [6, 6.07) is 6.08. The van der Waals surface area contributed by atoms with Crippen molar-refractivity contribution in [1.29, 1.82) is 0 Å². The van der Waals surface area contributed by atoms with Gasteiger partial charge < -0.3 is 19.7 Å². The van der Waals surface area contributed by atoms with Crippen molar-refractivity contribution in [2.24, 2.45) is 17.8 Å². The molecule has 4 atom stereocenters. The fourth-order valence-corrected chi connectivity index (χ4v) is 5.13. The maximum absolute atomic E-state index is 12.0. The van der Waals surface area contributed by atoms with Crippen molar-refractivity contribution in [1.82, 2.24) is 5.32 Å². The Balaban J connectivity index is 1.50. The molecular weight excluding hydrogens is 398 g/mol. The Kier molecular flexibility index (Phi) is 8.72. The molecule has 3 rings (SSSR count). The van der Waals surface area contributed by atoms with E-state index in [0.717, 1.165) is 31.4 Å². The number of rotatable bonds is 12. The molecule has 0 radical (unpaired) electrons. The zero-order valence-corrected chi connectivity index (χ0v) is 18.3. The summed E-state index contributed by atoms with van der Waals surface area (Å²) < 4.78 is 11.0. The van der Waals surface area contributed by atoms with Gasteiger partial charge in [0.1, 0.15) is 12.0 Å². The van der Waals surface area contributed by atoms with Crippen LogP contribution in [-0.2, 0) is 27.2 Å². The Labute approximate surface area is 184 Å². The number of ether oxygens (including phenoxy) is 2. The molecule has 7 heteroatoms. The zero-order valence-electron chi connectivity index (χ0n) is 18.3. The number of unbranched alkanes of at least 4 members (excludes halogenated alkanes) is 1. The number of nitrogens with one attached hydrogen (secondary N) is 1. The Morgan fingerprint density at radius 2 is 2.06 bits per heavy atom. The van der Waals surface area contributed by atoms with Gasteiger partial charge in [0, 0.05) is 6.42 Å². The molecule has 2 aliphatic rings. The number of fused-ring (bicyclic) bond motifs is 2. The van der Waals surface area contributed by atoms with Crippen molar-refractivity contribution in [3.8, 4) is 5.75 Å². The second kappa shape index (κ2) is 11.5. The predicted molar refractivity (Wildman–Crippen MR) is 116 cm³/mol. The molecule has 0 aliphatic heterocycles. The molecule has 0 heterocycles. The highest BCUT2D eigenvalue weighted by Gasteiger charge is 2.39.